The molecule has 3 aromatic heterocycles. The van der Waals surface area contributed by atoms with E-state index in [1.807, 2.05) is 24.3 Å². The summed E-state index contributed by atoms with van der Waals surface area (Å²) < 4.78 is 13.7. The third-order valence-corrected chi connectivity index (χ3v) is 5.50. The van der Waals surface area contributed by atoms with E-state index < -0.39 is 0 Å². The van der Waals surface area contributed by atoms with Crippen LogP contribution in [0.4, 0.5) is 0 Å². The van der Waals surface area contributed by atoms with Crippen LogP contribution in [0.5, 0.6) is 11.6 Å². The molecular formula is C24H29N5O2. The SMILES string of the molecule is C/C=C/CC(CC)c1nc(-c2ccnc(Oc3cccnc3)c2)nn1C1CCCOC1. The lowest BCUT2D eigenvalue weighted by atomic mass is 10.00. The first-order valence-electron chi connectivity index (χ1n) is 11.0. The summed E-state index contributed by atoms with van der Waals surface area (Å²) in [6, 6.07) is 7.70. The highest BCUT2D eigenvalue weighted by Gasteiger charge is 2.26. The van der Waals surface area contributed by atoms with E-state index in [1.54, 1.807) is 18.6 Å². The van der Waals surface area contributed by atoms with E-state index >= 15 is 0 Å². The van der Waals surface area contributed by atoms with Crippen LogP contribution in [0.3, 0.4) is 0 Å². The predicted octanol–water partition coefficient (Wildman–Crippen LogP) is 5.34. The minimum atomic E-state index is 0.220. The van der Waals surface area contributed by atoms with Crippen molar-refractivity contribution in [3.8, 4) is 23.0 Å². The van der Waals surface area contributed by atoms with Crippen LogP contribution in [0.2, 0.25) is 0 Å². The molecule has 0 aliphatic carbocycles. The van der Waals surface area contributed by atoms with E-state index in [0.717, 1.165) is 43.7 Å². The summed E-state index contributed by atoms with van der Waals surface area (Å²) in [6.45, 7) is 5.76. The van der Waals surface area contributed by atoms with Gasteiger partial charge in [0, 0.05) is 36.5 Å². The second kappa shape index (κ2) is 10.3. The van der Waals surface area contributed by atoms with Gasteiger partial charge in [-0.05, 0) is 50.8 Å². The van der Waals surface area contributed by atoms with Gasteiger partial charge in [-0.3, -0.25) is 4.98 Å². The van der Waals surface area contributed by atoms with Crippen molar-refractivity contribution in [2.75, 3.05) is 13.2 Å². The lowest BCUT2D eigenvalue weighted by Gasteiger charge is -2.25. The van der Waals surface area contributed by atoms with Crippen molar-refractivity contribution in [2.45, 2.75) is 51.5 Å². The number of nitrogens with zero attached hydrogens (tertiary/aromatic N) is 5. The molecule has 0 radical (unpaired) electrons. The zero-order valence-electron chi connectivity index (χ0n) is 18.1. The molecule has 2 atom stereocenters. The van der Waals surface area contributed by atoms with Crippen LogP contribution in [0.1, 0.15) is 57.3 Å². The average Bonchev–Trinajstić information content (AvgIpc) is 3.26. The Morgan fingerprint density at radius 1 is 1.32 bits per heavy atom. The van der Waals surface area contributed by atoms with Gasteiger partial charge in [0.25, 0.3) is 0 Å². The van der Waals surface area contributed by atoms with Crippen molar-refractivity contribution >= 4 is 0 Å². The summed E-state index contributed by atoms with van der Waals surface area (Å²) in [6.07, 6.45) is 13.5. The number of hydrogen-bond donors (Lipinski definition) is 0. The molecule has 0 aromatic carbocycles. The standard InChI is InChI=1S/C24H29N5O2/c1-3-5-8-18(4-2)24-27-23(28-29(24)20-9-7-14-30-17-20)19-11-13-26-22(15-19)31-21-10-6-12-25-16-21/h3,5-6,10-13,15-16,18,20H,4,7-9,14,17H2,1-2H3/b5-3+. The fraction of sp³-hybridized carbons (Fsp3) is 0.417. The molecule has 0 N–H and O–H groups in total. The third-order valence-electron chi connectivity index (χ3n) is 5.50. The summed E-state index contributed by atoms with van der Waals surface area (Å²) in [4.78, 5) is 13.4. The highest BCUT2D eigenvalue weighted by Crippen LogP contribution is 2.31. The molecule has 0 spiro atoms. The van der Waals surface area contributed by atoms with Crippen molar-refractivity contribution in [3.05, 3.63) is 60.8 Å². The lowest BCUT2D eigenvalue weighted by molar-refractivity contribution is 0.0533. The van der Waals surface area contributed by atoms with Crippen molar-refractivity contribution in [1.29, 1.82) is 0 Å². The molecule has 3 aromatic rings. The van der Waals surface area contributed by atoms with Crippen LogP contribution in [0.25, 0.3) is 11.4 Å². The number of allylic oxidation sites excluding steroid dienone is 2. The number of pyridine rings is 2. The fourth-order valence-corrected chi connectivity index (χ4v) is 3.81. The molecule has 1 saturated heterocycles. The van der Waals surface area contributed by atoms with Crippen LogP contribution in [0, 0.1) is 0 Å². The Kier molecular flexibility index (Phi) is 7.04. The third kappa shape index (κ3) is 5.17. The van der Waals surface area contributed by atoms with E-state index in [2.05, 4.69) is 40.6 Å². The average molecular weight is 420 g/mol. The molecule has 1 aliphatic heterocycles. The Morgan fingerprint density at radius 3 is 3.00 bits per heavy atom. The normalized spacial score (nSPS) is 17.7. The first-order chi connectivity index (χ1) is 15.3. The Labute approximate surface area is 183 Å². The van der Waals surface area contributed by atoms with Gasteiger partial charge in [0.2, 0.25) is 5.88 Å². The molecule has 1 aliphatic rings. The van der Waals surface area contributed by atoms with Crippen molar-refractivity contribution in [3.63, 3.8) is 0 Å². The number of hydrogen-bond acceptors (Lipinski definition) is 6. The van der Waals surface area contributed by atoms with Crippen molar-refractivity contribution in [2.24, 2.45) is 0 Å². The first kappa shape index (κ1) is 21.2. The number of aromatic nitrogens is 5. The summed E-state index contributed by atoms with van der Waals surface area (Å²) in [7, 11) is 0. The Hall–Kier alpha value is -3.06. The van der Waals surface area contributed by atoms with Gasteiger partial charge in [-0.2, -0.15) is 5.10 Å². The molecule has 1 fully saturated rings. The van der Waals surface area contributed by atoms with E-state index in [0.29, 0.717) is 30.0 Å². The summed E-state index contributed by atoms with van der Waals surface area (Å²) in [5.41, 5.74) is 0.881. The second-order valence-corrected chi connectivity index (χ2v) is 7.69. The van der Waals surface area contributed by atoms with Crippen LogP contribution >= 0.6 is 0 Å². The largest absolute Gasteiger partial charge is 0.437 e. The quantitative estimate of drug-likeness (QED) is 0.459. The molecular weight excluding hydrogens is 390 g/mol. The van der Waals surface area contributed by atoms with E-state index in [1.165, 1.54) is 0 Å². The Morgan fingerprint density at radius 2 is 2.26 bits per heavy atom. The van der Waals surface area contributed by atoms with E-state index in [-0.39, 0.29) is 6.04 Å². The van der Waals surface area contributed by atoms with Crippen LogP contribution in [0.15, 0.2) is 55.0 Å². The Bertz CT molecular complexity index is 996. The highest BCUT2D eigenvalue weighted by atomic mass is 16.5. The molecule has 7 nitrogen and oxygen atoms in total. The summed E-state index contributed by atoms with van der Waals surface area (Å²) in [5.74, 6) is 3.16. The van der Waals surface area contributed by atoms with Gasteiger partial charge < -0.3 is 9.47 Å². The number of ether oxygens (including phenoxy) is 2. The monoisotopic (exact) mass is 419 g/mol. The topological polar surface area (TPSA) is 75.0 Å². The lowest BCUT2D eigenvalue weighted by Crippen LogP contribution is -2.24. The maximum Gasteiger partial charge on any atom is 0.219 e. The molecule has 31 heavy (non-hydrogen) atoms. The second-order valence-electron chi connectivity index (χ2n) is 7.69. The molecule has 2 unspecified atom stereocenters. The molecule has 4 rings (SSSR count). The smallest absolute Gasteiger partial charge is 0.219 e. The van der Waals surface area contributed by atoms with Crippen molar-refractivity contribution in [1.82, 2.24) is 24.7 Å². The maximum atomic E-state index is 5.85. The first-order valence-corrected chi connectivity index (χ1v) is 11.0. The minimum Gasteiger partial charge on any atom is -0.437 e. The van der Waals surface area contributed by atoms with E-state index in [9.17, 15) is 0 Å². The van der Waals surface area contributed by atoms with Crippen molar-refractivity contribution < 1.29 is 9.47 Å². The van der Waals surface area contributed by atoms with Crippen LogP contribution < -0.4 is 4.74 Å². The molecule has 0 saturated carbocycles. The van der Waals surface area contributed by atoms with Crippen LogP contribution in [-0.2, 0) is 4.74 Å². The highest BCUT2D eigenvalue weighted by molar-refractivity contribution is 5.56. The van der Waals surface area contributed by atoms with Gasteiger partial charge in [0.05, 0.1) is 18.8 Å². The Balaban J connectivity index is 1.67. The van der Waals surface area contributed by atoms with Gasteiger partial charge in [-0.25, -0.2) is 14.6 Å². The van der Waals surface area contributed by atoms with Crippen LogP contribution in [-0.4, -0.2) is 37.9 Å². The molecule has 4 heterocycles. The predicted molar refractivity (Wildman–Crippen MR) is 119 cm³/mol. The molecule has 0 amide bonds. The molecule has 162 valence electrons. The number of rotatable bonds is 8. The van der Waals surface area contributed by atoms with Gasteiger partial charge in [-0.1, -0.05) is 19.1 Å². The summed E-state index contributed by atoms with van der Waals surface area (Å²) in [5, 5.41) is 4.93. The molecule has 0 bridgehead atoms. The zero-order valence-corrected chi connectivity index (χ0v) is 18.1. The van der Waals surface area contributed by atoms with E-state index in [4.69, 9.17) is 19.6 Å². The zero-order chi connectivity index (χ0) is 21.5. The minimum absolute atomic E-state index is 0.220. The maximum absolute atomic E-state index is 5.85. The van der Waals surface area contributed by atoms with Gasteiger partial charge in [-0.15, -0.1) is 0 Å². The van der Waals surface area contributed by atoms with Gasteiger partial charge in [0.1, 0.15) is 11.6 Å². The summed E-state index contributed by atoms with van der Waals surface area (Å²) >= 11 is 0. The fourth-order valence-electron chi connectivity index (χ4n) is 3.81. The van der Waals surface area contributed by atoms with Gasteiger partial charge >= 0.3 is 0 Å². The molecule has 7 heteroatoms. The van der Waals surface area contributed by atoms with Gasteiger partial charge in [0.15, 0.2) is 5.82 Å².